The highest BCUT2D eigenvalue weighted by Gasteiger charge is 2.38. The molecule has 0 bridgehead atoms. The number of halogens is 4. The first-order valence-electron chi connectivity index (χ1n) is 9.75. The average molecular weight is 473 g/mol. The highest BCUT2D eigenvalue weighted by molar-refractivity contribution is 5.67. The van der Waals surface area contributed by atoms with Gasteiger partial charge in [-0.25, -0.2) is 9.18 Å². The molecule has 0 aliphatic rings. The van der Waals surface area contributed by atoms with E-state index in [9.17, 15) is 22.4 Å². The Morgan fingerprint density at radius 1 is 1.09 bits per heavy atom. The molecule has 1 N–H and O–H groups in total. The van der Waals surface area contributed by atoms with Gasteiger partial charge >= 0.3 is 18.2 Å². The molecule has 12 heteroatoms. The third-order valence-corrected chi connectivity index (χ3v) is 4.55. The zero-order valence-electron chi connectivity index (χ0n) is 17.2. The van der Waals surface area contributed by atoms with Crippen LogP contribution >= 0.6 is 0 Å². The number of amides is 1. The van der Waals surface area contributed by atoms with Gasteiger partial charge in [-0.1, -0.05) is 23.4 Å². The Balaban J connectivity index is 1.29. The van der Waals surface area contributed by atoms with Gasteiger partial charge in [0, 0.05) is 47.4 Å². The summed E-state index contributed by atoms with van der Waals surface area (Å²) in [6.45, 7) is -0.254. The molecule has 0 saturated carbocycles. The minimum atomic E-state index is -4.80. The molecule has 0 radical (unpaired) electrons. The number of benzene rings is 1. The third kappa shape index (κ3) is 5.52. The molecule has 0 aliphatic heterocycles. The summed E-state index contributed by atoms with van der Waals surface area (Å²) < 4.78 is 61.3. The molecule has 8 nitrogen and oxygen atoms in total. The molecule has 0 aliphatic carbocycles. The van der Waals surface area contributed by atoms with Crippen LogP contribution in [0, 0.1) is 5.82 Å². The van der Waals surface area contributed by atoms with Crippen LogP contribution in [0.15, 0.2) is 65.6 Å². The van der Waals surface area contributed by atoms with Gasteiger partial charge in [0.2, 0.25) is 5.82 Å². The molecular weight excluding hydrogens is 458 g/mol. The molecule has 0 saturated heterocycles. The van der Waals surface area contributed by atoms with E-state index in [-0.39, 0.29) is 24.3 Å². The Morgan fingerprint density at radius 2 is 1.94 bits per heavy atom. The van der Waals surface area contributed by atoms with Crippen LogP contribution in [-0.4, -0.2) is 26.2 Å². The SMILES string of the molecule is O=C(NCc1ccc(-c2noc(C(F)(F)F)n2)cc1F)OCc1ccc(-c2cccnc2)nc1. The summed E-state index contributed by atoms with van der Waals surface area (Å²) in [4.78, 5) is 23.5. The fourth-order valence-corrected chi connectivity index (χ4v) is 2.85. The normalized spacial score (nSPS) is 11.3. The zero-order chi connectivity index (χ0) is 24.1. The van der Waals surface area contributed by atoms with Crippen molar-refractivity contribution in [3.8, 4) is 22.6 Å². The van der Waals surface area contributed by atoms with Crippen LogP contribution in [0.1, 0.15) is 17.0 Å². The minimum Gasteiger partial charge on any atom is -0.445 e. The average Bonchev–Trinajstić information content (AvgIpc) is 3.34. The van der Waals surface area contributed by atoms with Gasteiger partial charge in [0.25, 0.3) is 0 Å². The molecule has 174 valence electrons. The lowest BCUT2D eigenvalue weighted by molar-refractivity contribution is -0.159. The molecule has 4 aromatic rings. The third-order valence-electron chi connectivity index (χ3n) is 4.55. The molecule has 0 atom stereocenters. The van der Waals surface area contributed by atoms with E-state index in [0.717, 1.165) is 17.3 Å². The van der Waals surface area contributed by atoms with Gasteiger partial charge in [-0.2, -0.15) is 18.2 Å². The Morgan fingerprint density at radius 3 is 2.59 bits per heavy atom. The Bertz CT molecular complexity index is 1280. The first-order chi connectivity index (χ1) is 16.3. The molecule has 3 heterocycles. The van der Waals surface area contributed by atoms with Gasteiger partial charge in [-0.15, -0.1) is 0 Å². The van der Waals surface area contributed by atoms with Crippen molar-refractivity contribution in [2.45, 2.75) is 19.3 Å². The van der Waals surface area contributed by atoms with Gasteiger partial charge in [0.05, 0.1) is 5.69 Å². The largest absolute Gasteiger partial charge is 0.471 e. The van der Waals surface area contributed by atoms with Crippen molar-refractivity contribution in [1.82, 2.24) is 25.4 Å². The molecule has 4 rings (SSSR count). The summed E-state index contributed by atoms with van der Waals surface area (Å²) in [5.74, 6) is -2.71. The number of carbonyl (C=O) groups excluding carboxylic acids is 1. The van der Waals surface area contributed by atoms with Crippen molar-refractivity contribution in [2.75, 3.05) is 0 Å². The van der Waals surface area contributed by atoms with Crippen LogP contribution in [0.25, 0.3) is 22.6 Å². The van der Waals surface area contributed by atoms with Crippen LogP contribution < -0.4 is 5.32 Å². The van der Waals surface area contributed by atoms with Crippen LogP contribution in [-0.2, 0) is 24.1 Å². The number of rotatable bonds is 6. The molecule has 1 aromatic carbocycles. The highest BCUT2D eigenvalue weighted by Crippen LogP contribution is 2.29. The predicted molar refractivity (Wildman–Crippen MR) is 109 cm³/mol. The standard InChI is InChI=1S/C22H15F4N5O3/c23-17-8-14(19-30-20(34-31-19)22(24,25)26)4-5-15(17)11-29-21(32)33-12-13-3-6-18(28-9-13)16-2-1-7-27-10-16/h1-10H,11-12H2,(H,29,32). The summed E-state index contributed by atoms with van der Waals surface area (Å²) in [6, 6.07) is 10.7. The molecular formula is C22H15F4N5O3. The number of hydrogen-bond acceptors (Lipinski definition) is 7. The Kier molecular flexibility index (Phi) is 6.48. The van der Waals surface area contributed by atoms with Gasteiger partial charge in [-0.05, 0) is 24.3 Å². The maximum absolute atomic E-state index is 14.3. The van der Waals surface area contributed by atoms with Crippen molar-refractivity contribution in [3.05, 3.63) is 83.9 Å². The van der Waals surface area contributed by atoms with E-state index in [1.807, 2.05) is 6.07 Å². The molecule has 0 unspecified atom stereocenters. The lowest BCUT2D eigenvalue weighted by Crippen LogP contribution is -2.24. The smallest absolute Gasteiger partial charge is 0.445 e. The maximum Gasteiger partial charge on any atom is 0.471 e. The van der Waals surface area contributed by atoms with Gasteiger partial charge in [-0.3, -0.25) is 9.97 Å². The van der Waals surface area contributed by atoms with Crippen molar-refractivity contribution < 1.29 is 31.6 Å². The molecule has 0 fully saturated rings. The minimum absolute atomic E-state index is 0.00897. The van der Waals surface area contributed by atoms with E-state index in [0.29, 0.717) is 5.56 Å². The van der Waals surface area contributed by atoms with Crippen LogP contribution in [0.3, 0.4) is 0 Å². The highest BCUT2D eigenvalue weighted by atomic mass is 19.4. The van der Waals surface area contributed by atoms with Crippen LogP contribution in [0.5, 0.6) is 0 Å². The number of hydrogen-bond donors (Lipinski definition) is 1. The van der Waals surface area contributed by atoms with Gasteiger partial charge in [0.15, 0.2) is 0 Å². The number of carbonyl (C=O) groups is 1. The lowest BCUT2D eigenvalue weighted by atomic mass is 10.1. The fraction of sp³-hybridized carbons (Fsp3) is 0.136. The second kappa shape index (κ2) is 9.65. The van der Waals surface area contributed by atoms with E-state index in [4.69, 9.17) is 4.74 Å². The van der Waals surface area contributed by atoms with Crippen molar-refractivity contribution >= 4 is 6.09 Å². The number of aromatic nitrogens is 4. The Hall–Kier alpha value is -4.35. The van der Waals surface area contributed by atoms with E-state index in [1.54, 1.807) is 36.8 Å². The summed E-state index contributed by atoms with van der Waals surface area (Å²) in [5.41, 5.74) is 2.29. The first-order valence-corrected chi connectivity index (χ1v) is 9.75. The summed E-state index contributed by atoms with van der Waals surface area (Å²) in [7, 11) is 0. The van der Waals surface area contributed by atoms with Crippen LogP contribution in [0.2, 0.25) is 0 Å². The predicted octanol–water partition coefficient (Wildman–Crippen LogP) is 4.78. The molecule has 3 aromatic heterocycles. The topological polar surface area (TPSA) is 103 Å². The molecule has 0 spiro atoms. The number of nitrogens with one attached hydrogen (secondary N) is 1. The van der Waals surface area contributed by atoms with Crippen LogP contribution in [0.4, 0.5) is 22.4 Å². The number of nitrogens with zero attached hydrogens (tertiary/aromatic N) is 4. The molecule has 34 heavy (non-hydrogen) atoms. The zero-order valence-corrected chi connectivity index (χ0v) is 17.2. The van der Waals surface area contributed by atoms with Crippen molar-refractivity contribution in [1.29, 1.82) is 0 Å². The summed E-state index contributed by atoms with van der Waals surface area (Å²) in [6.07, 6.45) is -0.681. The van der Waals surface area contributed by atoms with E-state index in [2.05, 4.69) is 29.9 Å². The van der Waals surface area contributed by atoms with E-state index >= 15 is 0 Å². The summed E-state index contributed by atoms with van der Waals surface area (Å²) >= 11 is 0. The van der Waals surface area contributed by atoms with Crippen molar-refractivity contribution in [2.24, 2.45) is 0 Å². The number of pyridine rings is 2. The van der Waals surface area contributed by atoms with E-state index in [1.165, 1.54) is 12.1 Å². The number of alkyl halides is 3. The maximum atomic E-state index is 14.3. The Labute approximate surface area is 189 Å². The quantitative estimate of drug-likeness (QED) is 0.402. The lowest BCUT2D eigenvalue weighted by Gasteiger charge is -2.09. The van der Waals surface area contributed by atoms with E-state index < -0.39 is 29.8 Å². The van der Waals surface area contributed by atoms with Crippen molar-refractivity contribution in [3.63, 3.8) is 0 Å². The second-order valence-electron chi connectivity index (χ2n) is 6.95. The van der Waals surface area contributed by atoms with Gasteiger partial charge in [0.1, 0.15) is 12.4 Å². The summed E-state index contributed by atoms with van der Waals surface area (Å²) in [5, 5.41) is 5.61. The monoisotopic (exact) mass is 473 g/mol. The second-order valence-corrected chi connectivity index (χ2v) is 6.95. The van der Waals surface area contributed by atoms with Gasteiger partial charge < -0.3 is 14.6 Å². The fourth-order valence-electron chi connectivity index (χ4n) is 2.85. The molecule has 1 amide bonds. The number of ether oxygens (including phenoxy) is 1. The first kappa shape index (κ1) is 22.8. The number of alkyl carbamates (subject to hydrolysis) is 1.